The van der Waals surface area contributed by atoms with Crippen molar-refractivity contribution in [1.29, 1.82) is 0 Å². The molecule has 5 heteroatoms. The van der Waals surface area contributed by atoms with Crippen LogP contribution in [0.1, 0.15) is 15.4 Å². The van der Waals surface area contributed by atoms with Crippen molar-refractivity contribution in [3.8, 4) is 16.3 Å². The molecule has 2 rings (SSSR count). The lowest BCUT2D eigenvalue weighted by Gasteiger charge is -2.04. The number of aromatic nitrogens is 1. The smallest absolute Gasteiger partial charge is 0.355 e. The molecule has 1 aromatic heterocycles. The average molecular weight is 249 g/mol. The van der Waals surface area contributed by atoms with E-state index in [9.17, 15) is 4.79 Å². The molecule has 0 aliphatic rings. The second-order valence-corrected chi connectivity index (χ2v) is 4.63. The minimum absolute atomic E-state index is 0.107. The Morgan fingerprint density at radius 1 is 1.41 bits per heavy atom. The highest BCUT2D eigenvalue weighted by molar-refractivity contribution is 7.15. The second kappa shape index (κ2) is 4.55. The Morgan fingerprint density at radius 2 is 2.12 bits per heavy atom. The third-order valence-electron chi connectivity index (χ3n) is 2.34. The number of aromatic carboxylic acids is 1. The summed E-state index contributed by atoms with van der Waals surface area (Å²) in [4.78, 5) is 15.8. The fraction of sp³-hybridized carbons (Fsp3) is 0.167. The Hall–Kier alpha value is -1.88. The number of carbonyl (C=O) groups is 1. The maximum absolute atomic E-state index is 10.9. The summed E-state index contributed by atoms with van der Waals surface area (Å²) in [5.41, 5.74) is 0.923. The van der Waals surface area contributed by atoms with Gasteiger partial charge in [-0.3, -0.25) is 0 Å². The van der Waals surface area contributed by atoms with Crippen LogP contribution in [0.15, 0.2) is 24.3 Å². The molecule has 0 saturated heterocycles. The Morgan fingerprint density at radius 3 is 2.71 bits per heavy atom. The molecule has 1 heterocycles. The predicted octanol–water partition coefficient (Wildman–Crippen LogP) is 2.83. The van der Waals surface area contributed by atoms with Gasteiger partial charge in [-0.15, -0.1) is 11.3 Å². The number of rotatable bonds is 3. The van der Waals surface area contributed by atoms with Gasteiger partial charge in [0.05, 0.1) is 12.7 Å². The van der Waals surface area contributed by atoms with Gasteiger partial charge in [0.2, 0.25) is 0 Å². The van der Waals surface area contributed by atoms with Gasteiger partial charge >= 0.3 is 5.97 Å². The average Bonchev–Trinajstić information content (AvgIpc) is 2.71. The summed E-state index contributed by atoms with van der Waals surface area (Å²) in [5.74, 6) is -0.307. The first-order chi connectivity index (χ1) is 8.13. The molecule has 0 fully saturated rings. The number of carboxylic acids is 1. The third kappa shape index (κ3) is 2.14. The molecule has 1 N–H and O–H groups in total. The molecule has 0 radical (unpaired) electrons. The molecule has 0 saturated carbocycles. The number of carboxylic acid groups (broad SMARTS) is 1. The number of nitrogens with zero attached hydrogens (tertiary/aromatic N) is 1. The van der Waals surface area contributed by atoms with Crippen LogP contribution in [-0.2, 0) is 0 Å². The summed E-state index contributed by atoms with van der Waals surface area (Å²) in [6.07, 6.45) is 0. The molecular weight excluding hydrogens is 238 g/mol. The van der Waals surface area contributed by atoms with E-state index < -0.39 is 5.97 Å². The quantitative estimate of drug-likeness (QED) is 0.908. The Labute approximate surface area is 103 Å². The van der Waals surface area contributed by atoms with Crippen LogP contribution in [0.3, 0.4) is 0 Å². The minimum atomic E-state index is -1.00. The van der Waals surface area contributed by atoms with Crippen LogP contribution < -0.4 is 4.74 Å². The van der Waals surface area contributed by atoms with E-state index in [0.29, 0.717) is 15.6 Å². The van der Waals surface area contributed by atoms with Gasteiger partial charge in [0.25, 0.3) is 0 Å². The molecule has 0 aliphatic heterocycles. The standard InChI is InChI=1S/C12H11NO3S/c1-7-10(12(14)15)13-11(17-7)8-5-3-4-6-9(8)16-2/h3-6H,1-2H3,(H,14,15). The van der Waals surface area contributed by atoms with E-state index in [1.165, 1.54) is 11.3 Å². The normalized spacial score (nSPS) is 10.2. The SMILES string of the molecule is COc1ccccc1-c1nc(C(=O)O)c(C)s1. The van der Waals surface area contributed by atoms with Crippen LogP contribution in [0.5, 0.6) is 5.75 Å². The first-order valence-electron chi connectivity index (χ1n) is 4.97. The first kappa shape index (κ1) is 11.6. The molecule has 88 valence electrons. The molecule has 0 aliphatic carbocycles. The Balaban J connectivity index is 2.53. The minimum Gasteiger partial charge on any atom is -0.496 e. The molecule has 4 nitrogen and oxygen atoms in total. The van der Waals surface area contributed by atoms with E-state index in [2.05, 4.69) is 4.98 Å². The lowest BCUT2D eigenvalue weighted by Crippen LogP contribution is -1.98. The van der Waals surface area contributed by atoms with E-state index in [4.69, 9.17) is 9.84 Å². The van der Waals surface area contributed by atoms with E-state index in [0.717, 1.165) is 5.56 Å². The highest BCUT2D eigenvalue weighted by Crippen LogP contribution is 2.33. The topological polar surface area (TPSA) is 59.4 Å². The van der Waals surface area contributed by atoms with Gasteiger partial charge in [-0.25, -0.2) is 9.78 Å². The van der Waals surface area contributed by atoms with E-state index in [-0.39, 0.29) is 5.69 Å². The fourth-order valence-electron chi connectivity index (χ4n) is 1.53. The number of thiazole rings is 1. The first-order valence-corrected chi connectivity index (χ1v) is 5.79. The van der Waals surface area contributed by atoms with Gasteiger partial charge in [0.15, 0.2) is 5.69 Å². The van der Waals surface area contributed by atoms with Crippen LogP contribution in [0.2, 0.25) is 0 Å². The lowest BCUT2D eigenvalue weighted by atomic mass is 10.2. The highest BCUT2D eigenvalue weighted by Gasteiger charge is 2.16. The molecule has 0 unspecified atom stereocenters. The van der Waals surface area contributed by atoms with Gasteiger partial charge in [-0.1, -0.05) is 12.1 Å². The van der Waals surface area contributed by atoms with Crippen LogP contribution in [-0.4, -0.2) is 23.2 Å². The number of hydrogen-bond donors (Lipinski definition) is 1. The predicted molar refractivity (Wildman–Crippen MR) is 65.8 cm³/mol. The maximum atomic E-state index is 10.9. The Kier molecular flexibility index (Phi) is 3.10. The third-order valence-corrected chi connectivity index (χ3v) is 3.34. The van der Waals surface area contributed by atoms with Crippen molar-refractivity contribution in [3.05, 3.63) is 34.8 Å². The molecule has 1 aromatic carbocycles. The van der Waals surface area contributed by atoms with Crippen LogP contribution >= 0.6 is 11.3 Å². The summed E-state index contributed by atoms with van der Waals surface area (Å²) in [6, 6.07) is 7.42. The zero-order chi connectivity index (χ0) is 12.4. The van der Waals surface area contributed by atoms with Crippen LogP contribution in [0.25, 0.3) is 10.6 Å². The Bertz CT molecular complexity index is 563. The van der Waals surface area contributed by atoms with Gasteiger partial charge in [-0.05, 0) is 19.1 Å². The lowest BCUT2D eigenvalue weighted by molar-refractivity contribution is 0.0690. The van der Waals surface area contributed by atoms with Crippen molar-refractivity contribution in [2.24, 2.45) is 0 Å². The molecule has 17 heavy (non-hydrogen) atoms. The van der Waals surface area contributed by atoms with Crippen molar-refractivity contribution >= 4 is 17.3 Å². The summed E-state index contributed by atoms with van der Waals surface area (Å²) in [5, 5.41) is 9.63. The van der Waals surface area contributed by atoms with Gasteiger partial charge in [-0.2, -0.15) is 0 Å². The number of hydrogen-bond acceptors (Lipinski definition) is 4. The number of ether oxygens (including phenoxy) is 1. The van der Waals surface area contributed by atoms with Crippen LogP contribution in [0.4, 0.5) is 0 Å². The summed E-state index contributed by atoms with van der Waals surface area (Å²) in [7, 11) is 1.58. The zero-order valence-electron chi connectivity index (χ0n) is 9.43. The van der Waals surface area contributed by atoms with Crippen molar-refractivity contribution < 1.29 is 14.6 Å². The zero-order valence-corrected chi connectivity index (χ0v) is 10.2. The molecule has 0 atom stereocenters. The largest absolute Gasteiger partial charge is 0.496 e. The van der Waals surface area contributed by atoms with Gasteiger partial charge < -0.3 is 9.84 Å². The molecular formula is C12H11NO3S. The van der Waals surface area contributed by atoms with Gasteiger partial charge in [0, 0.05) is 4.88 Å². The molecule has 0 bridgehead atoms. The molecule has 0 amide bonds. The van der Waals surface area contributed by atoms with Crippen LogP contribution in [0, 0.1) is 6.92 Å². The fourth-order valence-corrected chi connectivity index (χ4v) is 2.47. The van der Waals surface area contributed by atoms with E-state index in [1.54, 1.807) is 14.0 Å². The van der Waals surface area contributed by atoms with Crippen molar-refractivity contribution in [2.75, 3.05) is 7.11 Å². The van der Waals surface area contributed by atoms with Crippen molar-refractivity contribution in [2.45, 2.75) is 6.92 Å². The highest BCUT2D eigenvalue weighted by atomic mass is 32.1. The number of aryl methyl sites for hydroxylation is 1. The van der Waals surface area contributed by atoms with Gasteiger partial charge in [0.1, 0.15) is 10.8 Å². The van der Waals surface area contributed by atoms with E-state index in [1.807, 2.05) is 24.3 Å². The number of methoxy groups -OCH3 is 1. The second-order valence-electron chi connectivity index (χ2n) is 3.43. The molecule has 0 spiro atoms. The number of benzene rings is 1. The summed E-state index contributed by atoms with van der Waals surface area (Å²) in [6.45, 7) is 1.75. The summed E-state index contributed by atoms with van der Waals surface area (Å²) < 4.78 is 5.23. The van der Waals surface area contributed by atoms with Crippen molar-refractivity contribution in [1.82, 2.24) is 4.98 Å². The van der Waals surface area contributed by atoms with Crippen molar-refractivity contribution in [3.63, 3.8) is 0 Å². The monoisotopic (exact) mass is 249 g/mol. The van der Waals surface area contributed by atoms with E-state index >= 15 is 0 Å². The summed E-state index contributed by atoms with van der Waals surface area (Å²) >= 11 is 1.35. The number of para-hydroxylation sites is 1. The maximum Gasteiger partial charge on any atom is 0.355 e. The molecule has 2 aromatic rings.